The molecule has 1 heterocycles. The molecule has 0 radical (unpaired) electrons. The number of aryl methyl sites for hydroxylation is 3. The lowest BCUT2D eigenvalue weighted by Gasteiger charge is -2.29. The first kappa shape index (κ1) is 22.6. The van der Waals surface area contributed by atoms with Crippen molar-refractivity contribution in [3.63, 3.8) is 0 Å². The highest BCUT2D eigenvalue weighted by molar-refractivity contribution is 7.76. The van der Waals surface area contributed by atoms with E-state index in [4.69, 9.17) is 5.10 Å². The molecule has 1 unspecified atom stereocenters. The van der Waals surface area contributed by atoms with Crippen LogP contribution >= 0.6 is 7.92 Å². The minimum atomic E-state index is -0.608. The molecule has 0 fully saturated rings. The second kappa shape index (κ2) is 9.57. The summed E-state index contributed by atoms with van der Waals surface area (Å²) in [5.74, 6) is 0.305. The van der Waals surface area contributed by atoms with Gasteiger partial charge in [0, 0.05) is 17.7 Å². The van der Waals surface area contributed by atoms with Crippen LogP contribution in [0.4, 0.5) is 0 Å². The largest absolute Gasteiger partial charge is 0.268 e. The molecule has 5 rings (SSSR count). The number of hydrogen-bond acceptors (Lipinski definition) is 1. The van der Waals surface area contributed by atoms with Crippen LogP contribution in [-0.4, -0.2) is 9.78 Å². The monoisotopic (exact) mass is 462 g/mol. The molecule has 3 heteroatoms. The van der Waals surface area contributed by atoms with E-state index in [9.17, 15) is 0 Å². The Balaban J connectivity index is 1.49. The van der Waals surface area contributed by atoms with Crippen LogP contribution in [0.3, 0.4) is 0 Å². The summed E-state index contributed by atoms with van der Waals surface area (Å²) >= 11 is 0. The van der Waals surface area contributed by atoms with Gasteiger partial charge >= 0.3 is 0 Å². The lowest BCUT2D eigenvalue weighted by molar-refractivity contribution is 0.432. The molecular formula is C31H31N2P. The predicted molar refractivity (Wildman–Crippen MR) is 146 cm³/mol. The van der Waals surface area contributed by atoms with Gasteiger partial charge in [0.1, 0.15) is 0 Å². The molecule has 4 aromatic rings. The van der Waals surface area contributed by atoms with E-state index in [0.717, 1.165) is 5.69 Å². The standard InChI is InChI=1S/C31H31N2P/c1-22-20-23(2)31(24(3)21-22)29-18-19-33(32-29)25(4)28-16-11-17-30(28)34(26-12-7-5-8-13-26)27-14-9-6-10-15-27/h5-21,25,28H,1-4H3/t25-,28?/m1/s1. The molecule has 0 saturated heterocycles. The number of rotatable bonds is 6. The number of aromatic nitrogens is 2. The Kier molecular flexibility index (Phi) is 6.35. The van der Waals surface area contributed by atoms with Gasteiger partial charge in [-0.2, -0.15) is 5.10 Å². The fraction of sp³-hybridized carbons (Fsp3) is 0.194. The van der Waals surface area contributed by atoms with Gasteiger partial charge in [0.05, 0.1) is 11.7 Å². The van der Waals surface area contributed by atoms with Gasteiger partial charge in [-0.1, -0.05) is 96.6 Å². The van der Waals surface area contributed by atoms with E-state index < -0.39 is 7.92 Å². The van der Waals surface area contributed by atoms with Gasteiger partial charge in [-0.15, -0.1) is 0 Å². The third kappa shape index (κ3) is 4.31. The molecule has 1 aliphatic rings. The Labute approximate surface area is 204 Å². The molecule has 1 aliphatic carbocycles. The third-order valence-corrected chi connectivity index (χ3v) is 9.29. The average Bonchev–Trinajstić information content (AvgIpc) is 3.50. The van der Waals surface area contributed by atoms with Crippen molar-refractivity contribution in [2.45, 2.75) is 33.7 Å². The maximum atomic E-state index is 5.08. The van der Waals surface area contributed by atoms with Crippen LogP contribution in [0, 0.1) is 26.7 Å². The summed E-state index contributed by atoms with van der Waals surface area (Å²) in [4.78, 5) is 0. The van der Waals surface area contributed by atoms with E-state index in [1.54, 1.807) is 0 Å². The molecule has 0 bridgehead atoms. The zero-order chi connectivity index (χ0) is 23.7. The number of hydrogen-bond donors (Lipinski definition) is 0. The molecule has 1 aromatic heterocycles. The third-order valence-electron chi connectivity index (χ3n) is 6.69. The molecule has 0 N–H and O–H groups in total. The van der Waals surface area contributed by atoms with Crippen molar-refractivity contribution in [3.8, 4) is 11.3 Å². The van der Waals surface area contributed by atoms with Gasteiger partial charge in [-0.3, -0.25) is 4.68 Å². The highest BCUT2D eigenvalue weighted by atomic mass is 31.1. The summed E-state index contributed by atoms with van der Waals surface area (Å²) in [5.41, 5.74) is 6.18. The molecule has 34 heavy (non-hydrogen) atoms. The molecule has 2 atom stereocenters. The van der Waals surface area contributed by atoms with Crippen molar-refractivity contribution in [2.24, 2.45) is 5.92 Å². The summed E-state index contributed by atoms with van der Waals surface area (Å²) in [6, 6.07) is 28.8. The molecule has 0 saturated carbocycles. The maximum absolute atomic E-state index is 5.08. The zero-order valence-electron chi connectivity index (χ0n) is 20.3. The first-order chi connectivity index (χ1) is 16.5. The zero-order valence-corrected chi connectivity index (χ0v) is 21.2. The molecule has 0 spiro atoms. The van der Waals surface area contributed by atoms with E-state index in [2.05, 4.69) is 136 Å². The second-order valence-electron chi connectivity index (χ2n) is 9.20. The molecular weight excluding hydrogens is 431 g/mol. The van der Waals surface area contributed by atoms with Crippen LogP contribution in [-0.2, 0) is 0 Å². The van der Waals surface area contributed by atoms with E-state index in [0.29, 0.717) is 5.92 Å². The lowest BCUT2D eigenvalue weighted by atomic mass is 9.98. The molecule has 0 amide bonds. The summed E-state index contributed by atoms with van der Waals surface area (Å²) in [7, 11) is -0.608. The van der Waals surface area contributed by atoms with Crippen LogP contribution < -0.4 is 10.6 Å². The summed E-state index contributed by atoms with van der Waals surface area (Å²) < 4.78 is 2.16. The van der Waals surface area contributed by atoms with Crippen molar-refractivity contribution in [1.82, 2.24) is 9.78 Å². The van der Waals surface area contributed by atoms with Crippen molar-refractivity contribution in [2.75, 3.05) is 0 Å². The fourth-order valence-corrected chi connectivity index (χ4v) is 7.83. The number of benzene rings is 3. The van der Waals surface area contributed by atoms with Gasteiger partial charge in [0.2, 0.25) is 0 Å². The smallest absolute Gasteiger partial charge is 0.0928 e. The normalized spacial score (nSPS) is 16.1. The Morgan fingerprint density at radius 3 is 2.00 bits per heavy atom. The molecule has 0 aliphatic heterocycles. The van der Waals surface area contributed by atoms with Gasteiger partial charge in [-0.25, -0.2) is 0 Å². The van der Waals surface area contributed by atoms with Crippen molar-refractivity contribution < 1.29 is 0 Å². The van der Waals surface area contributed by atoms with Gasteiger partial charge in [-0.05, 0) is 68.7 Å². The van der Waals surface area contributed by atoms with E-state index >= 15 is 0 Å². The van der Waals surface area contributed by atoms with Crippen LogP contribution in [0.1, 0.15) is 29.7 Å². The van der Waals surface area contributed by atoms with Crippen molar-refractivity contribution >= 4 is 18.5 Å². The summed E-state index contributed by atoms with van der Waals surface area (Å²) in [6.45, 7) is 8.82. The minimum absolute atomic E-state index is 0.224. The predicted octanol–water partition coefficient (Wildman–Crippen LogP) is 7.24. The molecule has 170 valence electrons. The lowest BCUT2D eigenvalue weighted by Crippen LogP contribution is -2.21. The van der Waals surface area contributed by atoms with Crippen LogP contribution in [0.15, 0.2) is 109 Å². The number of nitrogens with zero attached hydrogens (tertiary/aromatic N) is 2. The Morgan fingerprint density at radius 2 is 1.41 bits per heavy atom. The highest BCUT2D eigenvalue weighted by Gasteiger charge is 2.30. The van der Waals surface area contributed by atoms with Crippen molar-refractivity contribution in [3.05, 3.63) is 125 Å². The summed E-state index contributed by atoms with van der Waals surface area (Å²) in [6.07, 6.45) is 9.07. The van der Waals surface area contributed by atoms with Gasteiger partial charge in [0.25, 0.3) is 0 Å². The van der Waals surface area contributed by atoms with Crippen LogP contribution in [0.25, 0.3) is 11.3 Å². The fourth-order valence-electron chi connectivity index (χ4n) is 5.16. The Morgan fingerprint density at radius 1 is 0.824 bits per heavy atom. The Bertz CT molecular complexity index is 1290. The van der Waals surface area contributed by atoms with E-state index in [-0.39, 0.29) is 6.04 Å². The van der Waals surface area contributed by atoms with Crippen molar-refractivity contribution in [1.29, 1.82) is 0 Å². The molecule has 2 nitrogen and oxygen atoms in total. The quantitative estimate of drug-likeness (QED) is 0.276. The Hall–Kier alpha value is -3.22. The van der Waals surface area contributed by atoms with Crippen LogP contribution in [0.5, 0.6) is 0 Å². The first-order valence-corrected chi connectivity index (χ1v) is 13.3. The van der Waals surface area contributed by atoms with Gasteiger partial charge in [0.15, 0.2) is 0 Å². The maximum Gasteiger partial charge on any atom is 0.0928 e. The minimum Gasteiger partial charge on any atom is -0.268 e. The van der Waals surface area contributed by atoms with E-state index in [1.807, 2.05) is 0 Å². The second-order valence-corrected chi connectivity index (χ2v) is 11.4. The first-order valence-electron chi connectivity index (χ1n) is 11.9. The SMILES string of the molecule is Cc1cc(C)c(-c2ccn([C@H](C)C3C=CC=C3P(c3ccccc3)c3ccccc3)n2)c(C)c1. The summed E-state index contributed by atoms with van der Waals surface area (Å²) in [5, 5.41) is 9.35. The molecule has 3 aromatic carbocycles. The average molecular weight is 463 g/mol. The van der Waals surface area contributed by atoms with E-state index in [1.165, 1.54) is 38.2 Å². The highest BCUT2D eigenvalue weighted by Crippen LogP contribution is 2.51. The van der Waals surface area contributed by atoms with Crippen LogP contribution in [0.2, 0.25) is 0 Å². The number of allylic oxidation sites excluding steroid dienone is 4. The topological polar surface area (TPSA) is 17.8 Å². The van der Waals surface area contributed by atoms with Gasteiger partial charge < -0.3 is 0 Å².